The van der Waals surface area contributed by atoms with Crippen LogP contribution in [0.15, 0.2) is 0 Å². The predicted molar refractivity (Wildman–Crippen MR) is 233 cm³/mol. The monoisotopic (exact) mass is 779 g/mol. The quantitative estimate of drug-likeness (QED) is 0.0348. The highest BCUT2D eigenvalue weighted by molar-refractivity contribution is 5.71. The molecule has 0 aliphatic rings. The number of unbranched alkanes of at least 4 members (excludes halogenated alkanes) is 31. The van der Waals surface area contributed by atoms with Gasteiger partial charge in [0.15, 0.2) is 6.10 Å². The van der Waals surface area contributed by atoms with Gasteiger partial charge in [-0.25, -0.2) is 0 Å². The summed E-state index contributed by atoms with van der Waals surface area (Å²) in [5.41, 5.74) is 0. The lowest BCUT2D eigenvalue weighted by molar-refractivity contribution is -0.167. The van der Waals surface area contributed by atoms with Gasteiger partial charge in [-0.05, 0) is 25.2 Å². The summed E-state index contributed by atoms with van der Waals surface area (Å²) in [6.45, 7) is 8.97. The van der Waals surface area contributed by atoms with Crippen LogP contribution in [0.4, 0.5) is 0 Å². The molecule has 0 unspecified atom stereocenters. The van der Waals surface area contributed by atoms with Gasteiger partial charge >= 0.3 is 17.9 Å². The molecule has 0 aromatic rings. The third kappa shape index (κ3) is 43.4. The lowest BCUT2D eigenvalue weighted by atomic mass is 10.0. The van der Waals surface area contributed by atoms with Crippen molar-refractivity contribution in [3.8, 4) is 0 Å². The maximum absolute atomic E-state index is 12.7. The highest BCUT2D eigenvalue weighted by Gasteiger charge is 2.19. The summed E-state index contributed by atoms with van der Waals surface area (Å²) in [5, 5.41) is 0. The zero-order valence-electron chi connectivity index (χ0n) is 37.4. The van der Waals surface area contributed by atoms with Gasteiger partial charge in [-0.1, -0.05) is 233 Å². The molecule has 326 valence electrons. The van der Waals surface area contributed by atoms with Crippen LogP contribution in [-0.4, -0.2) is 37.2 Å². The fourth-order valence-corrected chi connectivity index (χ4v) is 7.33. The summed E-state index contributed by atoms with van der Waals surface area (Å²) in [7, 11) is 0. The Hall–Kier alpha value is -1.59. The number of carbonyl (C=O) groups is 3. The molecule has 0 radical (unpaired) electrons. The van der Waals surface area contributed by atoms with Crippen molar-refractivity contribution in [3.05, 3.63) is 0 Å². The molecule has 0 spiro atoms. The normalized spacial score (nSPS) is 11.9. The number of hydrogen-bond donors (Lipinski definition) is 0. The Balaban J connectivity index is 4.23. The minimum absolute atomic E-state index is 0.0638. The van der Waals surface area contributed by atoms with Crippen LogP contribution in [-0.2, 0) is 28.6 Å². The van der Waals surface area contributed by atoms with Crippen LogP contribution in [0.5, 0.6) is 0 Å². The molecule has 6 heteroatoms. The molecule has 6 nitrogen and oxygen atoms in total. The van der Waals surface area contributed by atoms with Gasteiger partial charge in [0, 0.05) is 19.3 Å². The van der Waals surface area contributed by atoms with Gasteiger partial charge in [-0.2, -0.15) is 0 Å². The van der Waals surface area contributed by atoms with E-state index in [-0.39, 0.29) is 31.1 Å². The van der Waals surface area contributed by atoms with E-state index in [4.69, 9.17) is 14.2 Å². The van der Waals surface area contributed by atoms with Crippen LogP contribution in [0.25, 0.3) is 0 Å². The second-order valence-electron chi connectivity index (χ2n) is 17.2. The number of rotatable bonds is 44. The SMILES string of the molecule is CCCCCCCCCCCCCCCCCCC(=O)O[C@@H](COC(=O)CCCCCCCCC)COC(=O)CCCCCCCCCCCCCC(C)C. The minimum atomic E-state index is -0.759. The summed E-state index contributed by atoms with van der Waals surface area (Å²) in [4.78, 5) is 37.7. The van der Waals surface area contributed by atoms with E-state index < -0.39 is 6.10 Å². The van der Waals surface area contributed by atoms with Crippen molar-refractivity contribution in [2.45, 2.75) is 278 Å². The van der Waals surface area contributed by atoms with E-state index in [1.165, 1.54) is 167 Å². The number of esters is 3. The summed E-state index contributed by atoms with van der Waals surface area (Å²) in [6.07, 6.45) is 43.8. The predicted octanol–water partition coefficient (Wildman–Crippen LogP) is 15.5. The maximum Gasteiger partial charge on any atom is 0.306 e. The molecule has 0 saturated carbocycles. The van der Waals surface area contributed by atoms with E-state index in [1.54, 1.807) is 0 Å². The molecule has 0 aromatic carbocycles. The van der Waals surface area contributed by atoms with E-state index in [1.807, 2.05) is 0 Å². The standard InChI is InChI=1S/C49H94O6/c1-5-7-9-11-13-14-15-16-17-18-19-22-26-30-34-38-42-49(52)55-46(43-53-47(50)40-36-32-27-12-10-8-6-2)44-54-48(51)41-37-33-29-25-23-20-21-24-28-31-35-39-45(3)4/h45-46H,5-44H2,1-4H3/t46-/m0/s1. The lowest BCUT2D eigenvalue weighted by Crippen LogP contribution is -2.30. The Kier molecular flexibility index (Phi) is 42.3. The summed E-state index contributed by atoms with van der Waals surface area (Å²) >= 11 is 0. The van der Waals surface area contributed by atoms with Gasteiger partial charge in [0.1, 0.15) is 13.2 Å². The Morgan fingerprint density at radius 1 is 0.345 bits per heavy atom. The summed E-state index contributed by atoms with van der Waals surface area (Å²) in [5.74, 6) is -0.0285. The highest BCUT2D eigenvalue weighted by Crippen LogP contribution is 2.17. The molecule has 0 aromatic heterocycles. The van der Waals surface area contributed by atoms with E-state index in [2.05, 4.69) is 27.7 Å². The molecule has 0 aliphatic heterocycles. The van der Waals surface area contributed by atoms with Gasteiger partial charge in [0.2, 0.25) is 0 Å². The first-order valence-corrected chi connectivity index (χ1v) is 24.4. The molecular weight excluding hydrogens is 685 g/mol. The van der Waals surface area contributed by atoms with Crippen LogP contribution < -0.4 is 0 Å². The molecule has 0 bridgehead atoms. The summed E-state index contributed by atoms with van der Waals surface area (Å²) < 4.78 is 16.7. The van der Waals surface area contributed by atoms with Crippen molar-refractivity contribution < 1.29 is 28.6 Å². The molecule has 0 fully saturated rings. The molecule has 0 rings (SSSR count). The second kappa shape index (κ2) is 43.5. The molecular formula is C49H94O6. The number of ether oxygens (including phenoxy) is 3. The van der Waals surface area contributed by atoms with Gasteiger partial charge in [-0.3, -0.25) is 14.4 Å². The van der Waals surface area contributed by atoms with Crippen molar-refractivity contribution in [2.75, 3.05) is 13.2 Å². The van der Waals surface area contributed by atoms with E-state index >= 15 is 0 Å². The molecule has 0 amide bonds. The van der Waals surface area contributed by atoms with E-state index in [0.717, 1.165) is 63.7 Å². The molecule has 0 aliphatic carbocycles. The number of hydrogen-bond acceptors (Lipinski definition) is 6. The van der Waals surface area contributed by atoms with Crippen molar-refractivity contribution >= 4 is 17.9 Å². The van der Waals surface area contributed by atoms with Crippen molar-refractivity contribution in [2.24, 2.45) is 5.92 Å². The Morgan fingerprint density at radius 2 is 0.600 bits per heavy atom. The highest BCUT2D eigenvalue weighted by atomic mass is 16.6. The van der Waals surface area contributed by atoms with Gasteiger partial charge in [0.05, 0.1) is 0 Å². The summed E-state index contributed by atoms with van der Waals surface area (Å²) in [6, 6.07) is 0. The lowest BCUT2D eigenvalue weighted by Gasteiger charge is -2.18. The van der Waals surface area contributed by atoms with Gasteiger partial charge in [0.25, 0.3) is 0 Å². The fraction of sp³-hybridized carbons (Fsp3) is 0.939. The topological polar surface area (TPSA) is 78.9 Å². The largest absolute Gasteiger partial charge is 0.462 e. The van der Waals surface area contributed by atoms with Crippen LogP contribution in [0, 0.1) is 5.92 Å². The third-order valence-electron chi connectivity index (χ3n) is 11.0. The van der Waals surface area contributed by atoms with Crippen LogP contribution in [0.2, 0.25) is 0 Å². The van der Waals surface area contributed by atoms with E-state index in [9.17, 15) is 14.4 Å². The Labute approximate surface area is 342 Å². The fourth-order valence-electron chi connectivity index (χ4n) is 7.33. The molecule has 55 heavy (non-hydrogen) atoms. The van der Waals surface area contributed by atoms with Crippen LogP contribution >= 0.6 is 0 Å². The van der Waals surface area contributed by atoms with Crippen molar-refractivity contribution in [3.63, 3.8) is 0 Å². The smallest absolute Gasteiger partial charge is 0.306 e. The maximum atomic E-state index is 12.7. The first-order chi connectivity index (χ1) is 26.9. The van der Waals surface area contributed by atoms with Gasteiger partial charge in [-0.15, -0.1) is 0 Å². The first kappa shape index (κ1) is 53.4. The third-order valence-corrected chi connectivity index (χ3v) is 11.0. The van der Waals surface area contributed by atoms with Crippen LogP contribution in [0.3, 0.4) is 0 Å². The molecule has 0 heterocycles. The number of carbonyl (C=O) groups excluding carboxylic acids is 3. The molecule has 0 N–H and O–H groups in total. The Morgan fingerprint density at radius 3 is 0.891 bits per heavy atom. The van der Waals surface area contributed by atoms with Crippen molar-refractivity contribution in [1.82, 2.24) is 0 Å². The minimum Gasteiger partial charge on any atom is -0.462 e. The zero-order chi connectivity index (χ0) is 40.3. The zero-order valence-corrected chi connectivity index (χ0v) is 37.4. The van der Waals surface area contributed by atoms with E-state index in [0.29, 0.717) is 19.3 Å². The van der Waals surface area contributed by atoms with Crippen LogP contribution in [0.1, 0.15) is 272 Å². The van der Waals surface area contributed by atoms with Gasteiger partial charge < -0.3 is 14.2 Å². The average molecular weight is 779 g/mol. The second-order valence-corrected chi connectivity index (χ2v) is 17.2. The average Bonchev–Trinajstić information content (AvgIpc) is 3.17. The first-order valence-electron chi connectivity index (χ1n) is 24.4. The molecule has 1 atom stereocenters. The molecule has 0 saturated heterocycles. The van der Waals surface area contributed by atoms with Crippen molar-refractivity contribution in [1.29, 1.82) is 0 Å². The Bertz CT molecular complexity index is 826.